The number of halogens is 1. The number of nitrogens with zero attached hydrogens (tertiary/aromatic N) is 1. The van der Waals surface area contributed by atoms with Crippen LogP contribution in [0.25, 0.3) is 0 Å². The molecule has 0 aromatic heterocycles. The van der Waals surface area contributed by atoms with Crippen molar-refractivity contribution in [3.63, 3.8) is 0 Å². The fourth-order valence-electron chi connectivity index (χ4n) is 2.96. The lowest BCUT2D eigenvalue weighted by Gasteiger charge is -2.19. The molecule has 3 rings (SSSR count). The lowest BCUT2D eigenvalue weighted by molar-refractivity contribution is -0.134. The summed E-state index contributed by atoms with van der Waals surface area (Å²) in [5, 5.41) is 9.50. The van der Waals surface area contributed by atoms with Crippen LogP contribution in [0.15, 0.2) is 22.7 Å². The van der Waals surface area contributed by atoms with E-state index in [0.717, 1.165) is 23.7 Å². The van der Waals surface area contributed by atoms with E-state index in [1.54, 1.807) is 0 Å². The van der Waals surface area contributed by atoms with Crippen molar-refractivity contribution in [1.29, 1.82) is 0 Å². The number of likely N-dealkylation sites (tertiary alicyclic amines) is 1. The number of hydrogen-bond acceptors (Lipinski definition) is 2. The summed E-state index contributed by atoms with van der Waals surface area (Å²) in [6.07, 6.45) is 2.07. The third-order valence-electron chi connectivity index (χ3n) is 3.93. The molecule has 1 fully saturated rings. The Balaban J connectivity index is 1.72. The van der Waals surface area contributed by atoms with Crippen molar-refractivity contribution >= 4 is 21.8 Å². The van der Waals surface area contributed by atoms with Gasteiger partial charge in [0.2, 0.25) is 5.91 Å². The molecule has 1 aliphatic heterocycles. The van der Waals surface area contributed by atoms with Crippen molar-refractivity contribution < 1.29 is 9.90 Å². The molecule has 96 valence electrons. The average Bonchev–Trinajstić information content (AvgIpc) is 2.93. The predicted octanol–water partition coefficient (Wildman–Crippen LogP) is 1.76. The first-order chi connectivity index (χ1) is 8.63. The molecule has 2 atom stereocenters. The minimum atomic E-state index is -0.327. The van der Waals surface area contributed by atoms with E-state index in [0.29, 0.717) is 13.1 Å². The molecular formula is C14H16BrNO2. The zero-order valence-corrected chi connectivity index (χ0v) is 11.7. The standard InChI is InChI=1S/C14H16BrNO2/c15-12-2-1-9-5-11(6-10(9)7-12)14(18)16-4-3-13(17)8-16/h1-2,7,11,13,17H,3-6,8H2. The minimum absolute atomic E-state index is 0.0691. The van der Waals surface area contributed by atoms with Gasteiger partial charge in [-0.1, -0.05) is 22.0 Å². The number of carbonyl (C=O) groups is 1. The number of hydrogen-bond donors (Lipinski definition) is 1. The molecule has 2 unspecified atom stereocenters. The van der Waals surface area contributed by atoms with Crippen LogP contribution in [0.5, 0.6) is 0 Å². The average molecular weight is 310 g/mol. The Kier molecular flexibility index (Phi) is 3.16. The van der Waals surface area contributed by atoms with Gasteiger partial charge in [-0.05, 0) is 42.5 Å². The highest BCUT2D eigenvalue weighted by molar-refractivity contribution is 9.10. The number of aliphatic hydroxyl groups is 1. The number of β-amino-alcohol motifs (C(OH)–C–C–N with tert-alkyl or cyclic N) is 1. The van der Waals surface area contributed by atoms with E-state index in [-0.39, 0.29) is 17.9 Å². The van der Waals surface area contributed by atoms with Crippen LogP contribution in [0.2, 0.25) is 0 Å². The Bertz CT molecular complexity index is 489. The largest absolute Gasteiger partial charge is 0.391 e. The van der Waals surface area contributed by atoms with Crippen LogP contribution in [0.3, 0.4) is 0 Å². The Morgan fingerprint density at radius 2 is 2.11 bits per heavy atom. The summed E-state index contributed by atoms with van der Waals surface area (Å²) >= 11 is 3.47. The molecule has 1 amide bonds. The second-order valence-electron chi connectivity index (χ2n) is 5.24. The number of amides is 1. The van der Waals surface area contributed by atoms with Crippen molar-refractivity contribution in [1.82, 2.24) is 4.90 Å². The topological polar surface area (TPSA) is 40.5 Å². The van der Waals surface area contributed by atoms with E-state index in [2.05, 4.69) is 28.1 Å². The molecule has 0 bridgehead atoms. The second-order valence-corrected chi connectivity index (χ2v) is 6.16. The van der Waals surface area contributed by atoms with Gasteiger partial charge in [0.15, 0.2) is 0 Å². The molecule has 18 heavy (non-hydrogen) atoms. The highest BCUT2D eigenvalue weighted by Gasteiger charge is 2.33. The summed E-state index contributed by atoms with van der Waals surface area (Å²) in [5.74, 6) is 0.276. The van der Waals surface area contributed by atoms with E-state index in [4.69, 9.17) is 0 Å². The number of benzene rings is 1. The van der Waals surface area contributed by atoms with Gasteiger partial charge in [-0.3, -0.25) is 4.79 Å². The fourth-order valence-corrected chi connectivity index (χ4v) is 3.37. The molecule has 3 nitrogen and oxygen atoms in total. The van der Waals surface area contributed by atoms with Gasteiger partial charge in [0.25, 0.3) is 0 Å². The van der Waals surface area contributed by atoms with E-state index < -0.39 is 0 Å². The molecule has 0 spiro atoms. The summed E-state index contributed by atoms with van der Waals surface area (Å²) < 4.78 is 1.07. The van der Waals surface area contributed by atoms with Crippen LogP contribution in [0.1, 0.15) is 17.5 Å². The number of aliphatic hydroxyl groups excluding tert-OH is 1. The molecule has 2 aliphatic rings. The zero-order valence-electron chi connectivity index (χ0n) is 10.1. The van der Waals surface area contributed by atoms with Crippen molar-refractivity contribution in [2.75, 3.05) is 13.1 Å². The zero-order chi connectivity index (χ0) is 12.7. The van der Waals surface area contributed by atoms with E-state index in [9.17, 15) is 9.90 Å². The van der Waals surface area contributed by atoms with Gasteiger partial charge < -0.3 is 10.0 Å². The number of carbonyl (C=O) groups excluding carboxylic acids is 1. The van der Waals surface area contributed by atoms with Gasteiger partial charge in [0, 0.05) is 23.5 Å². The maximum Gasteiger partial charge on any atom is 0.226 e. The third-order valence-corrected chi connectivity index (χ3v) is 4.42. The Labute approximate surface area is 115 Å². The van der Waals surface area contributed by atoms with Crippen LogP contribution >= 0.6 is 15.9 Å². The van der Waals surface area contributed by atoms with Crippen molar-refractivity contribution in [3.05, 3.63) is 33.8 Å². The van der Waals surface area contributed by atoms with E-state index in [1.807, 2.05) is 11.0 Å². The van der Waals surface area contributed by atoms with Gasteiger partial charge in [-0.2, -0.15) is 0 Å². The maximum absolute atomic E-state index is 12.3. The van der Waals surface area contributed by atoms with Crippen LogP contribution in [0, 0.1) is 5.92 Å². The summed E-state index contributed by atoms with van der Waals surface area (Å²) in [6.45, 7) is 1.21. The molecule has 1 aromatic rings. The number of fused-ring (bicyclic) bond motifs is 1. The Morgan fingerprint density at radius 1 is 1.33 bits per heavy atom. The van der Waals surface area contributed by atoms with E-state index in [1.165, 1.54) is 11.1 Å². The van der Waals surface area contributed by atoms with Crippen LogP contribution in [-0.4, -0.2) is 35.1 Å². The highest BCUT2D eigenvalue weighted by atomic mass is 79.9. The first kappa shape index (κ1) is 12.2. The Hall–Kier alpha value is -0.870. The fraction of sp³-hybridized carbons (Fsp3) is 0.500. The molecule has 1 N–H and O–H groups in total. The van der Waals surface area contributed by atoms with Gasteiger partial charge in [-0.15, -0.1) is 0 Å². The lowest BCUT2D eigenvalue weighted by Crippen LogP contribution is -2.35. The van der Waals surface area contributed by atoms with Gasteiger partial charge in [0.1, 0.15) is 0 Å². The maximum atomic E-state index is 12.3. The monoisotopic (exact) mass is 309 g/mol. The van der Waals surface area contributed by atoms with Crippen molar-refractivity contribution in [2.45, 2.75) is 25.4 Å². The van der Waals surface area contributed by atoms with Crippen molar-refractivity contribution in [3.8, 4) is 0 Å². The van der Waals surface area contributed by atoms with Gasteiger partial charge >= 0.3 is 0 Å². The molecule has 1 aliphatic carbocycles. The first-order valence-electron chi connectivity index (χ1n) is 6.37. The quantitative estimate of drug-likeness (QED) is 0.859. The summed E-state index contributed by atoms with van der Waals surface area (Å²) in [6, 6.07) is 6.25. The summed E-state index contributed by atoms with van der Waals surface area (Å²) in [7, 11) is 0. The van der Waals surface area contributed by atoms with Crippen molar-refractivity contribution in [2.24, 2.45) is 5.92 Å². The molecule has 1 heterocycles. The molecule has 1 aromatic carbocycles. The van der Waals surface area contributed by atoms with Crippen LogP contribution in [0.4, 0.5) is 0 Å². The summed E-state index contributed by atoms with van der Waals surface area (Å²) in [5.41, 5.74) is 2.57. The third kappa shape index (κ3) is 2.19. The lowest BCUT2D eigenvalue weighted by atomic mass is 10.1. The molecular weight excluding hydrogens is 294 g/mol. The summed E-state index contributed by atoms with van der Waals surface area (Å²) in [4.78, 5) is 14.2. The van der Waals surface area contributed by atoms with Gasteiger partial charge in [0.05, 0.1) is 6.10 Å². The van der Waals surface area contributed by atoms with Crippen LogP contribution in [-0.2, 0) is 17.6 Å². The molecule has 0 saturated carbocycles. The first-order valence-corrected chi connectivity index (χ1v) is 7.17. The number of rotatable bonds is 1. The van der Waals surface area contributed by atoms with E-state index >= 15 is 0 Å². The minimum Gasteiger partial charge on any atom is -0.391 e. The second kappa shape index (κ2) is 4.67. The van der Waals surface area contributed by atoms with Crippen LogP contribution < -0.4 is 0 Å². The SMILES string of the molecule is O=C(C1Cc2ccc(Br)cc2C1)N1CCC(O)C1. The Morgan fingerprint density at radius 3 is 2.83 bits per heavy atom. The molecule has 1 saturated heterocycles. The smallest absolute Gasteiger partial charge is 0.226 e. The predicted molar refractivity (Wildman–Crippen MR) is 72.2 cm³/mol. The highest BCUT2D eigenvalue weighted by Crippen LogP contribution is 2.31. The normalized spacial score (nSPS) is 26.4. The molecule has 0 radical (unpaired) electrons. The van der Waals surface area contributed by atoms with Gasteiger partial charge in [-0.25, -0.2) is 0 Å². The molecule has 4 heteroatoms.